The molecule has 0 aromatic carbocycles. The molecule has 3 rings (SSSR count). The molecular weight excluding hydrogens is 414 g/mol. The van der Waals surface area contributed by atoms with Gasteiger partial charge in [0.05, 0.1) is 0 Å². The van der Waals surface area contributed by atoms with Gasteiger partial charge in [0.2, 0.25) is 0 Å². The molecule has 3 heterocycles. The van der Waals surface area contributed by atoms with Crippen molar-refractivity contribution in [1.82, 2.24) is 10.3 Å². The van der Waals surface area contributed by atoms with Crippen LogP contribution < -0.4 is 15.5 Å². The van der Waals surface area contributed by atoms with Crippen molar-refractivity contribution in [1.29, 1.82) is 0 Å². The van der Waals surface area contributed by atoms with Crippen molar-refractivity contribution in [3.8, 4) is 0 Å². The third-order valence-corrected chi connectivity index (χ3v) is 14.4. The summed E-state index contributed by atoms with van der Waals surface area (Å²) < 4.78 is 2.88. The summed E-state index contributed by atoms with van der Waals surface area (Å²) in [6, 6.07) is 3.89. The Balaban J connectivity index is 1.63. The first-order valence-electron chi connectivity index (χ1n) is 7.99. The molecule has 1 aromatic heterocycles. The number of hydrogen-bond acceptors (Lipinski definition) is 4. The normalized spacial score (nSPS) is 17.8. The van der Waals surface area contributed by atoms with Gasteiger partial charge in [-0.05, 0) is 0 Å². The number of aromatic nitrogens is 1. The summed E-state index contributed by atoms with van der Waals surface area (Å²) in [6.07, 6.45) is 5.52. The molecule has 1 saturated heterocycles. The SMILES string of the molecule is C[CH2][In]1[C](Cl)=CC=[C]1C(=O)Nc1ccc(N2CCNCC2)nc1. The van der Waals surface area contributed by atoms with Crippen LogP contribution in [0, 0.1) is 0 Å². The molecule has 0 spiro atoms. The maximum atomic E-state index is 12.5. The standard InChI is InChI=1S/C14H15ClN4O.C2H5.In/c15-6-2-1-3-14(20)18-12-4-5-13(17-11-12)19-9-7-16-8-10-19;1-2;/h1-2,4-5,11,16H,7-10H2,(H,18,20);1H2,2H3;. The van der Waals surface area contributed by atoms with E-state index in [0.29, 0.717) is 0 Å². The predicted molar refractivity (Wildman–Crippen MR) is 96.2 cm³/mol. The zero-order chi connectivity index (χ0) is 16.2. The monoisotopic (exact) mass is 434 g/mol. The zero-order valence-electron chi connectivity index (χ0n) is 13.2. The second kappa shape index (κ2) is 7.73. The Labute approximate surface area is 149 Å². The quantitative estimate of drug-likeness (QED) is 0.762. The molecule has 7 heteroatoms. The number of carbonyl (C=O) groups excluding carboxylic acids is 1. The number of allylic oxidation sites excluding steroid dienone is 2. The number of rotatable bonds is 4. The van der Waals surface area contributed by atoms with E-state index in [4.69, 9.17) is 11.6 Å². The molecule has 0 saturated carbocycles. The molecule has 0 bridgehead atoms. The summed E-state index contributed by atoms with van der Waals surface area (Å²) in [4.78, 5) is 19.2. The fraction of sp³-hybridized carbons (Fsp3) is 0.375. The van der Waals surface area contributed by atoms with E-state index in [1.807, 2.05) is 24.3 Å². The molecule has 120 valence electrons. The van der Waals surface area contributed by atoms with Crippen molar-refractivity contribution in [2.75, 3.05) is 36.4 Å². The molecule has 0 radical (unpaired) electrons. The Morgan fingerprint density at radius 1 is 1.39 bits per heavy atom. The first-order valence-corrected chi connectivity index (χ1v) is 14.0. The van der Waals surface area contributed by atoms with Gasteiger partial charge in [0.25, 0.3) is 0 Å². The topological polar surface area (TPSA) is 57.3 Å². The fourth-order valence-corrected chi connectivity index (χ4v) is 11.0. The van der Waals surface area contributed by atoms with Gasteiger partial charge in [-0.25, -0.2) is 0 Å². The van der Waals surface area contributed by atoms with Gasteiger partial charge in [-0.2, -0.15) is 0 Å². The third-order valence-electron chi connectivity index (χ3n) is 4.25. The average Bonchev–Trinajstić information content (AvgIpc) is 2.97. The van der Waals surface area contributed by atoms with E-state index in [9.17, 15) is 4.79 Å². The average molecular weight is 435 g/mol. The number of amides is 1. The van der Waals surface area contributed by atoms with Gasteiger partial charge < -0.3 is 0 Å². The summed E-state index contributed by atoms with van der Waals surface area (Å²) in [5.41, 5.74) is 0.735. The molecule has 1 amide bonds. The van der Waals surface area contributed by atoms with Gasteiger partial charge in [-0.1, -0.05) is 0 Å². The first-order chi connectivity index (χ1) is 11.2. The van der Waals surface area contributed by atoms with E-state index in [1.54, 1.807) is 6.20 Å². The van der Waals surface area contributed by atoms with Gasteiger partial charge in [-0.3, -0.25) is 0 Å². The number of halogens is 1. The maximum absolute atomic E-state index is 12.5. The Bertz CT molecular complexity index is 638. The van der Waals surface area contributed by atoms with Crippen LogP contribution in [-0.2, 0) is 4.79 Å². The summed E-state index contributed by atoms with van der Waals surface area (Å²) in [7, 11) is 0. The molecule has 2 aliphatic heterocycles. The minimum atomic E-state index is -2.21. The molecule has 2 N–H and O–H groups in total. The molecule has 2 aliphatic rings. The van der Waals surface area contributed by atoms with E-state index < -0.39 is 21.4 Å². The molecule has 5 nitrogen and oxygen atoms in total. The molecule has 0 unspecified atom stereocenters. The molecule has 1 aromatic rings. The summed E-state index contributed by atoms with van der Waals surface area (Å²) in [5, 5.41) is 6.28. The molecular formula is C16H20ClInN4O. The Hall–Kier alpha value is -0.980. The van der Waals surface area contributed by atoms with Gasteiger partial charge >= 0.3 is 150 Å². The van der Waals surface area contributed by atoms with Crippen LogP contribution >= 0.6 is 11.6 Å². The summed E-state index contributed by atoms with van der Waals surface area (Å²) in [6.45, 7) is 6.00. The first kappa shape index (κ1) is 16.9. The number of hydrogen-bond donors (Lipinski definition) is 2. The van der Waals surface area contributed by atoms with E-state index in [1.165, 1.54) is 0 Å². The van der Waals surface area contributed by atoms with Crippen LogP contribution in [-0.4, -0.2) is 58.5 Å². The van der Waals surface area contributed by atoms with Crippen LogP contribution in [0.4, 0.5) is 11.5 Å². The number of anilines is 2. The number of pyridine rings is 1. The predicted octanol–water partition coefficient (Wildman–Crippen LogP) is 2.09. The number of piperazine rings is 1. The minimum absolute atomic E-state index is 0.0173. The van der Waals surface area contributed by atoms with Gasteiger partial charge in [0.1, 0.15) is 0 Å². The van der Waals surface area contributed by atoms with Crippen LogP contribution in [0.25, 0.3) is 0 Å². The van der Waals surface area contributed by atoms with Crippen LogP contribution in [0.3, 0.4) is 0 Å². The van der Waals surface area contributed by atoms with Crippen LogP contribution in [0.15, 0.2) is 36.6 Å². The van der Waals surface area contributed by atoms with Crippen molar-refractivity contribution >= 4 is 50.5 Å². The second-order valence-corrected chi connectivity index (χ2v) is 16.2. The van der Waals surface area contributed by atoms with Crippen LogP contribution in [0.1, 0.15) is 6.92 Å². The van der Waals surface area contributed by atoms with Gasteiger partial charge in [0.15, 0.2) is 0 Å². The fourth-order valence-electron chi connectivity index (χ4n) is 2.94. The number of nitrogens with zero attached hydrogens (tertiary/aromatic N) is 2. The van der Waals surface area contributed by atoms with Crippen molar-refractivity contribution in [3.63, 3.8) is 0 Å². The van der Waals surface area contributed by atoms with Crippen LogP contribution in [0.2, 0.25) is 4.18 Å². The van der Waals surface area contributed by atoms with Gasteiger partial charge in [0, 0.05) is 0 Å². The molecule has 0 aliphatic carbocycles. The van der Waals surface area contributed by atoms with Crippen molar-refractivity contribution in [3.05, 3.63) is 36.6 Å². The Morgan fingerprint density at radius 3 is 2.83 bits per heavy atom. The van der Waals surface area contributed by atoms with E-state index in [0.717, 1.165) is 48.0 Å². The Kier molecular flexibility index (Phi) is 5.67. The van der Waals surface area contributed by atoms with Crippen molar-refractivity contribution in [2.24, 2.45) is 0 Å². The molecule has 23 heavy (non-hydrogen) atoms. The summed E-state index contributed by atoms with van der Waals surface area (Å²) in [5.74, 6) is 0.941. The molecule has 0 atom stereocenters. The summed E-state index contributed by atoms with van der Waals surface area (Å²) >= 11 is 4.01. The van der Waals surface area contributed by atoms with E-state index in [2.05, 4.69) is 27.4 Å². The molecule has 1 fully saturated rings. The van der Waals surface area contributed by atoms with Crippen molar-refractivity contribution < 1.29 is 4.79 Å². The Morgan fingerprint density at radius 2 is 2.17 bits per heavy atom. The third kappa shape index (κ3) is 3.92. The van der Waals surface area contributed by atoms with Crippen molar-refractivity contribution in [2.45, 2.75) is 11.1 Å². The van der Waals surface area contributed by atoms with Gasteiger partial charge in [-0.15, -0.1) is 0 Å². The number of nitrogens with one attached hydrogen (secondary N) is 2. The van der Waals surface area contributed by atoms with E-state index >= 15 is 0 Å². The zero-order valence-corrected chi connectivity index (χ0v) is 17.2. The van der Waals surface area contributed by atoms with Crippen LogP contribution in [0.5, 0.6) is 0 Å². The second-order valence-electron chi connectivity index (χ2n) is 5.73. The number of carbonyl (C=O) groups is 1. The van der Waals surface area contributed by atoms with E-state index in [-0.39, 0.29) is 5.91 Å².